The van der Waals surface area contributed by atoms with E-state index < -0.39 is 23.7 Å². The van der Waals surface area contributed by atoms with Gasteiger partial charge in [0.2, 0.25) is 0 Å². The van der Waals surface area contributed by atoms with Gasteiger partial charge in [0.1, 0.15) is 0 Å². The molecule has 0 amide bonds. The van der Waals surface area contributed by atoms with Crippen LogP contribution in [0, 0.1) is 29.3 Å². The van der Waals surface area contributed by atoms with Crippen LogP contribution in [0.5, 0.6) is 0 Å². The lowest BCUT2D eigenvalue weighted by Crippen LogP contribution is -2.35. The number of benzene rings is 1. The molecule has 0 N–H and O–H groups in total. The molecule has 4 nitrogen and oxygen atoms in total. The minimum atomic E-state index is -1.44. The summed E-state index contributed by atoms with van der Waals surface area (Å²) in [6, 6.07) is 2.03. The topological polar surface area (TPSA) is 36.9 Å². The number of aryl methyl sites for hydroxylation is 1. The Balaban J connectivity index is 1.32. The second-order valence-corrected chi connectivity index (χ2v) is 7.70. The average Bonchev–Trinajstić information content (AvgIpc) is 2.71. The maximum Gasteiger partial charge on any atom is 0.194 e. The third-order valence-electron chi connectivity index (χ3n) is 5.29. The van der Waals surface area contributed by atoms with E-state index in [2.05, 4.69) is 6.92 Å². The standard InChI is InChI=1S/C21H29F3O4/c1-2-3-15-10-25-20(26-11-15)7-5-16-12-27-19(28-13-16)6-4-14-8-17(22)21(24)18(23)9-14/h8-9,15-16,19-20H,2-7,10-13H2,1H3. The molecule has 0 saturated carbocycles. The molecule has 28 heavy (non-hydrogen) atoms. The number of hydrogen-bond acceptors (Lipinski definition) is 4. The third-order valence-corrected chi connectivity index (χ3v) is 5.29. The molecular formula is C21H29F3O4. The summed E-state index contributed by atoms with van der Waals surface area (Å²) in [5.41, 5.74) is 0.388. The van der Waals surface area contributed by atoms with Gasteiger partial charge in [-0.05, 0) is 43.4 Å². The minimum Gasteiger partial charge on any atom is -0.352 e. The lowest BCUT2D eigenvalue weighted by atomic mass is 10.0. The first kappa shape index (κ1) is 21.6. The van der Waals surface area contributed by atoms with Gasteiger partial charge < -0.3 is 18.9 Å². The average molecular weight is 402 g/mol. The van der Waals surface area contributed by atoms with Gasteiger partial charge >= 0.3 is 0 Å². The Bertz CT molecular complexity index is 589. The molecule has 0 spiro atoms. The lowest BCUT2D eigenvalue weighted by Gasteiger charge is -2.32. The molecule has 1 aromatic carbocycles. The van der Waals surface area contributed by atoms with E-state index in [-0.39, 0.29) is 12.2 Å². The predicted octanol–water partition coefficient (Wildman–Crippen LogP) is 4.60. The fraction of sp³-hybridized carbons (Fsp3) is 0.714. The van der Waals surface area contributed by atoms with E-state index in [1.807, 2.05) is 0 Å². The highest BCUT2D eigenvalue weighted by atomic mass is 19.2. The van der Waals surface area contributed by atoms with Crippen molar-refractivity contribution in [2.75, 3.05) is 26.4 Å². The highest BCUT2D eigenvalue weighted by molar-refractivity contribution is 5.19. The molecule has 0 atom stereocenters. The smallest absolute Gasteiger partial charge is 0.194 e. The molecule has 7 heteroatoms. The van der Waals surface area contributed by atoms with Gasteiger partial charge in [-0.25, -0.2) is 13.2 Å². The maximum atomic E-state index is 13.3. The zero-order valence-corrected chi connectivity index (χ0v) is 16.3. The number of halogens is 3. The molecular weight excluding hydrogens is 373 g/mol. The first-order valence-electron chi connectivity index (χ1n) is 10.1. The summed E-state index contributed by atoms with van der Waals surface area (Å²) >= 11 is 0. The van der Waals surface area contributed by atoms with Gasteiger partial charge in [-0.2, -0.15) is 0 Å². The van der Waals surface area contributed by atoms with Crippen molar-refractivity contribution in [1.82, 2.24) is 0 Å². The SMILES string of the molecule is CCCC1COC(CCC2COC(CCc3cc(F)c(F)c(F)c3)OC2)OC1. The molecule has 2 aliphatic rings. The third kappa shape index (κ3) is 6.17. The van der Waals surface area contributed by atoms with E-state index in [9.17, 15) is 13.2 Å². The lowest BCUT2D eigenvalue weighted by molar-refractivity contribution is -0.219. The summed E-state index contributed by atoms with van der Waals surface area (Å²) in [6.45, 7) is 4.84. The van der Waals surface area contributed by atoms with Gasteiger partial charge in [0.05, 0.1) is 26.4 Å². The summed E-state index contributed by atoms with van der Waals surface area (Å²) in [7, 11) is 0. The normalized spacial score (nSPS) is 28.4. The summed E-state index contributed by atoms with van der Waals surface area (Å²) in [5, 5.41) is 0. The summed E-state index contributed by atoms with van der Waals surface area (Å²) in [4.78, 5) is 0. The van der Waals surface area contributed by atoms with Crippen LogP contribution in [0.2, 0.25) is 0 Å². The van der Waals surface area contributed by atoms with Crippen LogP contribution in [0.1, 0.15) is 44.6 Å². The number of ether oxygens (including phenoxy) is 4. The van der Waals surface area contributed by atoms with Gasteiger partial charge in [0.15, 0.2) is 30.0 Å². The molecule has 158 valence electrons. The molecule has 2 aliphatic heterocycles. The number of rotatable bonds is 8. The van der Waals surface area contributed by atoms with Crippen molar-refractivity contribution >= 4 is 0 Å². The van der Waals surface area contributed by atoms with Gasteiger partial charge in [0, 0.05) is 18.3 Å². The molecule has 1 aromatic rings. The Kier molecular flexibility index (Phi) is 8.14. The van der Waals surface area contributed by atoms with Crippen LogP contribution >= 0.6 is 0 Å². The fourth-order valence-electron chi connectivity index (χ4n) is 3.65. The highest BCUT2D eigenvalue weighted by Crippen LogP contribution is 2.24. The van der Waals surface area contributed by atoms with Gasteiger partial charge in [0.25, 0.3) is 0 Å². The first-order valence-corrected chi connectivity index (χ1v) is 10.1. The summed E-state index contributed by atoms with van der Waals surface area (Å²) < 4.78 is 62.5. The molecule has 2 fully saturated rings. The highest BCUT2D eigenvalue weighted by Gasteiger charge is 2.26. The van der Waals surface area contributed by atoms with Crippen LogP contribution in [0.3, 0.4) is 0 Å². The Hall–Kier alpha value is -1.15. The molecule has 0 unspecified atom stereocenters. The second kappa shape index (κ2) is 10.6. The van der Waals surface area contributed by atoms with E-state index in [4.69, 9.17) is 18.9 Å². The van der Waals surface area contributed by atoms with Crippen LogP contribution in [-0.4, -0.2) is 39.0 Å². The first-order chi connectivity index (χ1) is 13.5. The van der Waals surface area contributed by atoms with Crippen molar-refractivity contribution in [1.29, 1.82) is 0 Å². The van der Waals surface area contributed by atoms with E-state index in [1.54, 1.807) is 0 Å². The molecule has 0 aliphatic carbocycles. The summed E-state index contributed by atoms with van der Waals surface area (Å²) in [5.74, 6) is -3.00. The molecule has 0 aromatic heterocycles. The molecule has 2 heterocycles. The maximum absolute atomic E-state index is 13.3. The van der Waals surface area contributed by atoms with Crippen molar-refractivity contribution in [3.63, 3.8) is 0 Å². The van der Waals surface area contributed by atoms with E-state index in [0.717, 1.165) is 51.0 Å². The van der Waals surface area contributed by atoms with E-state index in [1.165, 1.54) is 0 Å². The Morgan fingerprint density at radius 1 is 0.750 bits per heavy atom. The Morgan fingerprint density at radius 2 is 1.25 bits per heavy atom. The summed E-state index contributed by atoms with van der Waals surface area (Å²) in [6.07, 6.45) is 4.25. The largest absolute Gasteiger partial charge is 0.352 e. The van der Waals surface area contributed by atoms with Crippen molar-refractivity contribution in [3.8, 4) is 0 Å². The fourth-order valence-corrected chi connectivity index (χ4v) is 3.65. The van der Waals surface area contributed by atoms with Crippen LogP contribution < -0.4 is 0 Å². The van der Waals surface area contributed by atoms with Crippen LogP contribution in [0.4, 0.5) is 13.2 Å². The zero-order valence-electron chi connectivity index (χ0n) is 16.3. The van der Waals surface area contributed by atoms with E-state index in [0.29, 0.717) is 37.5 Å². The van der Waals surface area contributed by atoms with Gasteiger partial charge in [-0.3, -0.25) is 0 Å². The predicted molar refractivity (Wildman–Crippen MR) is 97.1 cm³/mol. The van der Waals surface area contributed by atoms with Crippen molar-refractivity contribution in [2.24, 2.45) is 11.8 Å². The molecule has 0 bridgehead atoms. The van der Waals surface area contributed by atoms with Gasteiger partial charge in [-0.1, -0.05) is 13.3 Å². The molecule has 2 saturated heterocycles. The van der Waals surface area contributed by atoms with Crippen LogP contribution in [0.15, 0.2) is 12.1 Å². The molecule has 3 rings (SSSR count). The minimum absolute atomic E-state index is 0.144. The molecule has 0 radical (unpaired) electrons. The number of hydrogen-bond donors (Lipinski definition) is 0. The van der Waals surface area contributed by atoms with Crippen molar-refractivity contribution in [3.05, 3.63) is 35.1 Å². The zero-order chi connectivity index (χ0) is 19.9. The van der Waals surface area contributed by atoms with Crippen LogP contribution in [0.25, 0.3) is 0 Å². The Morgan fingerprint density at radius 3 is 1.79 bits per heavy atom. The van der Waals surface area contributed by atoms with E-state index >= 15 is 0 Å². The Labute approximate surface area is 164 Å². The van der Waals surface area contributed by atoms with Crippen molar-refractivity contribution < 1.29 is 32.1 Å². The van der Waals surface area contributed by atoms with Crippen LogP contribution in [-0.2, 0) is 25.4 Å². The van der Waals surface area contributed by atoms with Crippen molar-refractivity contribution in [2.45, 2.75) is 58.0 Å². The second-order valence-electron chi connectivity index (χ2n) is 7.70. The monoisotopic (exact) mass is 402 g/mol. The quantitative estimate of drug-likeness (QED) is 0.596. The van der Waals surface area contributed by atoms with Gasteiger partial charge in [-0.15, -0.1) is 0 Å².